The molecule has 6 nitrogen and oxygen atoms in total. The summed E-state index contributed by atoms with van der Waals surface area (Å²) in [6, 6.07) is 32.0. The van der Waals surface area contributed by atoms with Crippen molar-refractivity contribution >= 4 is 26.0 Å². The topological polar surface area (TPSA) is 93.1 Å². The molecular weight excluding hydrogens is 734 g/mol. The summed E-state index contributed by atoms with van der Waals surface area (Å²) < 4.78 is 39.2. The Kier molecular flexibility index (Phi) is 5.63. The first-order valence-corrected chi connectivity index (χ1v) is 24.2. The van der Waals surface area contributed by atoms with E-state index >= 15 is 0 Å². The van der Waals surface area contributed by atoms with Gasteiger partial charge in [0.1, 0.15) is 11.5 Å². The lowest BCUT2D eigenvalue weighted by Crippen LogP contribution is -2.12. The number of rotatable bonds is 4. The number of hydrogen-bond donors (Lipinski definition) is 2. The predicted molar refractivity (Wildman–Crippen MR) is 216 cm³/mol. The maximum Gasteiger partial charge on any atom is 0.373 e. The Morgan fingerprint density at radius 2 is 0.661 bits per heavy atom. The van der Waals surface area contributed by atoms with Crippen LogP contribution in [0.15, 0.2) is 84.9 Å². The number of benzene rings is 6. The maximum absolute atomic E-state index is 13.4. The molecule has 0 spiro atoms. The average molecular weight is 773 g/mol. The third-order valence-corrected chi connectivity index (χ3v) is 16.5. The predicted octanol–water partition coefficient (Wildman–Crippen LogP) is 11.2. The zero-order valence-electron chi connectivity index (χ0n) is 31.0. The highest BCUT2D eigenvalue weighted by atomic mass is 31.2. The van der Waals surface area contributed by atoms with Crippen molar-refractivity contribution in [1.82, 2.24) is 0 Å². The first-order valence-electron chi connectivity index (χ1n) is 20.2. The molecular formula is C48H38O6P2. The molecule has 276 valence electrons. The van der Waals surface area contributed by atoms with Gasteiger partial charge in [-0.15, -0.1) is 0 Å². The van der Waals surface area contributed by atoms with Gasteiger partial charge in [-0.2, -0.15) is 0 Å². The van der Waals surface area contributed by atoms with Gasteiger partial charge in [-0.1, -0.05) is 72.8 Å². The van der Waals surface area contributed by atoms with E-state index in [0.717, 1.165) is 36.8 Å². The summed E-state index contributed by atoms with van der Waals surface area (Å²) in [7, 11) is -8.04. The van der Waals surface area contributed by atoms with Crippen molar-refractivity contribution < 1.29 is 28.0 Å². The summed E-state index contributed by atoms with van der Waals surface area (Å²) >= 11 is 0. The smallest absolute Gasteiger partial charge is 0.373 e. The fourth-order valence-corrected chi connectivity index (χ4v) is 14.8. The molecule has 0 saturated heterocycles. The van der Waals surface area contributed by atoms with E-state index in [1.54, 1.807) is 0 Å². The third-order valence-electron chi connectivity index (χ3n) is 15.4. The van der Waals surface area contributed by atoms with Gasteiger partial charge >= 0.3 is 15.2 Å². The van der Waals surface area contributed by atoms with Crippen LogP contribution in [0.2, 0.25) is 0 Å². The second kappa shape index (κ2) is 9.98. The average Bonchev–Trinajstić information content (AvgIpc) is 4.04. The lowest BCUT2D eigenvalue weighted by atomic mass is 9.77. The van der Waals surface area contributed by atoms with E-state index in [-0.39, 0.29) is 23.7 Å². The third kappa shape index (κ3) is 3.79. The molecule has 56 heavy (non-hydrogen) atoms. The molecule has 14 rings (SSSR count). The van der Waals surface area contributed by atoms with E-state index in [0.29, 0.717) is 45.9 Å². The van der Waals surface area contributed by atoms with Gasteiger partial charge in [0.05, 0.1) is 0 Å². The Morgan fingerprint density at radius 1 is 0.411 bits per heavy atom. The Hall–Kier alpha value is -4.44. The van der Waals surface area contributed by atoms with Crippen molar-refractivity contribution in [3.05, 3.63) is 174 Å². The van der Waals surface area contributed by atoms with Gasteiger partial charge in [0.25, 0.3) is 0 Å². The van der Waals surface area contributed by atoms with Crippen molar-refractivity contribution in [3.8, 4) is 11.5 Å². The second-order valence-electron chi connectivity index (χ2n) is 18.1. The lowest BCUT2D eigenvalue weighted by Gasteiger charge is -2.30. The lowest BCUT2D eigenvalue weighted by molar-refractivity contribution is 0.381. The molecule has 6 aromatic rings. The van der Waals surface area contributed by atoms with E-state index in [9.17, 15) is 18.9 Å². The van der Waals surface area contributed by atoms with Crippen LogP contribution < -0.4 is 9.05 Å². The molecule has 0 fully saturated rings. The molecule has 0 radical (unpaired) electrons. The SMILES string of the molecule is CP(=O)(O)Oc1c2c(c(OP(C)(=O)O)c3cc4c(cc13)[C@H]1C[C@@H]4c3cc4c(cc31)[C@H]1C[C@@H]4c3ccccc31)[C@H]1C[C@@H]2c2cc3c(cc21)[C@H]1C[C@@H]3c2ccccc21. The quantitative estimate of drug-likeness (QED) is 0.173. The van der Waals surface area contributed by atoms with Crippen molar-refractivity contribution in [2.45, 2.75) is 73.0 Å². The maximum atomic E-state index is 13.4. The van der Waals surface area contributed by atoms with Gasteiger partial charge in [-0.25, -0.2) is 9.13 Å². The fraction of sp³-hybridized carbons (Fsp3) is 0.292. The molecule has 2 unspecified atom stereocenters. The molecule has 8 bridgehead atoms. The summed E-state index contributed by atoms with van der Waals surface area (Å²) in [4.78, 5) is 21.9. The minimum Gasteiger partial charge on any atom is -0.424 e. The normalized spacial score (nSPS) is 29.6. The molecule has 0 amide bonds. The van der Waals surface area contributed by atoms with Gasteiger partial charge < -0.3 is 18.8 Å². The van der Waals surface area contributed by atoms with Crippen LogP contribution in [0.25, 0.3) is 10.8 Å². The van der Waals surface area contributed by atoms with Crippen molar-refractivity contribution in [3.63, 3.8) is 0 Å². The highest BCUT2D eigenvalue weighted by Crippen LogP contribution is 2.69. The highest BCUT2D eigenvalue weighted by molar-refractivity contribution is 7.52. The minimum absolute atomic E-state index is 0.0841. The van der Waals surface area contributed by atoms with Gasteiger partial charge in [0.2, 0.25) is 0 Å². The number of fused-ring (bicyclic) bond motifs is 33. The summed E-state index contributed by atoms with van der Waals surface area (Å²) in [5.41, 5.74) is 21.0. The van der Waals surface area contributed by atoms with E-state index in [1.807, 2.05) is 0 Å². The summed E-state index contributed by atoms with van der Waals surface area (Å²) in [6.07, 6.45) is 3.98. The van der Waals surface area contributed by atoms with Crippen LogP contribution in [0.5, 0.6) is 11.5 Å². The molecule has 0 aliphatic heterocycles. The van der Waals surface area contributed by atoms with Crippen molar-refractivity contribution in [2.75, 3.05) is 13.3 Å². The molecule has 6 aromatic carbocycles. The molecule has 0 aromatic heterocycles. The van der Waals surface area contributed by atoms with E-state index in [1.165, 1.54) is 91.2 Å². The van der Waals surface area contributed by atoms with Crippen LogP contribution in [0.4, 0.5) is 0 Å². The van der Waals surface area contributed by atoms with Crippen LogP contribution in [0, 0.1) is 0 Å². The zero-order chi connectivity index (χ0) is 37.3. The van der Waals surface area contributed by atoms with Crippen LogP contribution in [0.3, 0.4) is 0 Å². The minimum atomic E-state index is -4.02. The first kappa shape index (κ1) is 31.6. The van der Waals surface area contributed by atoms with Crippen LogP contribution in [-0.2, 0) is 9.13 Å². The zero-order valence-corrected chi connectivity index (χ0v) is 32.7. The first-order chi connectivity index (χ1) is 27.0. The molecule has 8 aliphatic carbocycles. The Balaban J connectivity index is 0.974. The van der Waals surface area contributed by atoms with Gasteiger partial charge in [0, 0.05) is 82.6 Å². The molecule has 0 saturated carbocycles. The van der Waals surface area contributed by atoms with Gasteiger partial charge in [-0.05, 0) is 116 Å². The summed E-state index contributed by atoms with van der Waals surface area (Å²) in [5.74, 6) is 2.75. The highest BCUT2D eigenvalue weighted by Gasteiger charge is 2.52. The molecule has 0 heterocycles. The monoisotopic (exact) mass is 772 g/mol. The Labute approximate surface area is 324 Å². The van der Waals surface area contributed by atoms with Crippen LogP contribution >= 0.6 is 15.2 Å². The molecule has 8 heteroatoms. The Morgan fingerprint density at radius 3 is 0.964 bits per heavy atom. The Bertz CT molecular complexity index is 2810. The number of hydrogen-bond acceptors (Lipinski definition) is 4. The molecule has 2 N–H and O–H groups in total. The van der Waals surface area contributed by atoms with E-state index in [4.69, 9.17) is 9.05 Å². The second-order valence-corrected chi connectivity index (χ2v) is 21.7. The van der Waals surface area contributed by atoms with Crippen LogP contribution in [0.1, 0.15) is 162 Å². The van der Waals surface area contributed by atoms with Gasteiger partial charge in [0.15, 0.2) is 0 Å². The summed E-state index contributed by atoms with van der Waals surface area (Å²) in [6.45, 7) is 2.51. The standard InChI is InChI=1S/C48H38O6P2/c1-55(49,50)53-47-43-18-37-35-15-36(34-14-30-26-11-25(29(30)13-33(34)35)21-7-3-4-8-22(21)26)38(37)19-44(43)48(54-56(2,51)52)46-42-20-41(45(46)47)39-16-31-27-12-28(32(31)17-40(39)42)24-10-6-5-9-23(24)27/h3-10,13-14,16-19,25-28,35-36,41-42H,11-12,15,20H2,1-2H3,(H,49,50)(H,51,52)/t25-,26+,27+,28-,35-,36+,41+,42-. The molecule has 10 atom stereocenters. The summed E-state index contributed by atoms with van der Waals surface area (Å²) in [5, 5.41) is 1.38. The molecule has 8 aliphatic rings. The van der Waals surface area contributed by atoms with E-state index in [2.05, 4.69) is 84.9 Å². The van der Waals surface area contributed by atoms with Crippen molar-refractivity contribution in [2.24, 2.45) is 0 Å². The van der Waals surface area contributed by atoms with Crippen molar-refractivity contribution in [1.29, 1.82) is 0 Å². The van der Waals surface area contributed by atoms with E-state index < -0.39 is 15.2 Å². The van der Waals surface area contributed by atoms with Crippen LogP contribution in [-0.4, -0.2) is 23.1 Å². The largest absolute Gasteiger partial charge is 0.424 e. The fourth-order valence-electron chi connectivity index (χ4n) is 13.7. The van der Waals surface area contributed by atoms with Gasteiger partial charge in [-0.3, -0.25) is 0 Å².